The highest BCUT2D eigenvalue weighted by molar-refractivity contribution is 7.18. The molecule has 0 aliphatic carbocycles. The minimum atomic E-state index is -1.19. The molecule has 5 heteroatoms. The Labute approximate surface area is 96.7 Å². The highest BCUT2D eigenvalue weighted by Crippen LogP contribution is 2.28. The molecule has 0 amide bonds. The molecule has 0 saturated heterocycles. The Morgan fingerprint density at radius 1 is 1.44 bits per heavy atom. The summed E-state index contributed by atoms with van der Waals surface area (Å²) >= 11 is 1.34. The van der Waals surface area contributed by atoms with E-state index in [-0.39, 0.29) is 0 Å². The Balaban J connectivity index is 2.43. The van der Waals surface area contributed by atoms with Crippen LogP contribution in [0.4, 0.5) is 0 Å². The van der Waals surface area contributed by atoms with Crippen LogP contribution >= 0.6 is 11.3 Å². The van der Waals surface area contributed by atoms with Gasteiger partial charge in [-0.1, -0.05) is 6.07 Å². The predicted octanol–water partition coefficient (Wildman–Crippen LogP) is 1.65. The molecule has 4 nitrogen and oxygen atoms in total. The molecule has 2 atom stereocenters. The number of aryl methyl sites for hydroxylation is 1. The first-order valence-electron chi connectivity index (χ1n) is 4.85. The molecule has 2 aromatic rings. The zero-order valence-electron chi connectivity index (χ0n) is 8.71. The molecule has 2 rings (SSSR count). The van der Waals surface area contributed by atoms with Gasteiger partial charge in [-0.2, -0.15) is 0 Å². The molecule has 1 aromatic heterocycles. The summed E-state index contributed by atoms with van der Waals surface area (Å²) in [6.45, 7) is 1.99. The third kappa shape index (κ3) is 1.97. The molecule has 0 spiro atoms. The van der Waals surface area contributed by atoms with Crippen molar-refractivity contribution in [1.82, 2.24) is 4.98 Å². The topological polar surface area (TPSA) is 77.2 Å². The number of hydrogen-bond acceptors (Lipinski definition) is 5. The van der Waals surface area contributed by atoms with Crippen LogP contribution in [0.15, 0.2) is 18.2 Å². The van der Waals surface area contributed by atoms with E-state index in [1.165, 1.54) is 11.3 Å². The number of nitrogens with zero attached hydrogens (tertiary/aromatic N) is 1. The van der Waals surface area contributed by atoms with Gasteiger partial charge in [0.2, 0.25) is 0 Å². The summed E-state index contributed by atoms with van der Waals surface area (Å²) in [6, 6.07) is 5.82. The molecule has 0 bridgehead atoms. The van der Waals surface area contributed by atoms with Crippen molar-refractivity contribution in [3.8, 4) is 0 Å². The van der Waals surface area contributed by atoms with Crippen molar-refractivity contribution in [3.63, 3.8) is 0 Å². The number of aromatic nitrogens is 1. The first-order chi connectivity index (χ1) is 7.61. The van der Waals surface area contributed by atoms with Gasteiger partial charge in [-0.25, -0.2) is 4.98 Å². The maximum atomic E-state index is 9.71. The fourth-order valence-electron chi connectivity index (χ4n) is 1.41. The summed E-state index contributed by atoms with van der Waals surface area (Å²) in [4.78, 5) is 4.23. The molecule has 0 fully saturated rings. The standard InChI is InChI=1S/C11H12N2O2S/c1-6-2-3-7-9(4-6)16-11(13-7)10(15)8(14)5-12/h2-5,8,10,12,14-15H,1H3. The van der Waals surface area contributed by atoms with Crippen molar-refractivity contribution in [1.29, 1.82) is 5.41 Å². The molecule has 1 aromatic carbocycles. The summed E-state index contributed by atoms with van der Waals surface area (Å²) in [5, 5.41) is 26.4. The number of fused-ring (bicyclic) bond motifs is 1. The quantitative estimate of drug-likeness (QED) is 0.709. The smallest absolute Gasteiger partial charge is 0.136 e. The van der Waals surface area contributed by atoms with Crippen molar-refractivity contribution in [2.24, 2.45) is 0 Å². The van der Waals surface area contributed by atoms with E-state index in [9.17, 15) is 10.2 Å². The van der Waals surface area contributed by atoms with Crippen LogP contribution in [0.2, 0.25) is 0 Å². The van der Waals surface area contributed by atoms with Crippen LogP contribution in [0.3, 0.4) is 0 Å². The average molecular weight is 236 g/mol. The number of thiazole rings is 1. The third-order valence-corrected chi connectivity index (χ3v) is 3.40. The van der Waals surface area contributed by atoms with E-state index in [2.05, 4.69) is 4.98 Å². The van der Waals surface area contributed by atoms with Crippen molar-refractivity contribution in [2.75, 3.05) is 0 Å². The molecule has 0 saturated carbocycles. The Hall–Kier alpha value is -1.30. The van der Waals surface area contributed by atoms with Gasteiger partial charge in [0.15, 0.2) is 0 Å². The lowest BCUT2D eigenvalue weighted by atomic mass is 10.2. The molecular formula is C11H12N2O2S. The second-order valence-corrected chi connectivity index (χ2v) is 4.69. The summed E-state index contributed by atoms with van der Waals surface area (Å²) in [5.74, 6) is 0. The van der Waals surface area contributed by atoms with Crippen molar-refractivity contribution < 1.29 is 10.2 Å². The Morgan fingerprint density at radius 3 is 2.88 bits per heavy atom. The SMILES string of the molecule is Cc1ccc2nc(C(O)C(O)C=N)sc2c1. The molecule has 0 aliphatic rings. The lowest BCUT2D eigenvalue weighted by Crippen LogP contribution is -2.18. The summed E-state index contributed by atoms with van der Waals surface area (Å²) in [5.41, 5.74) is 1.94. The van der Waals surface area contributed by atoms with E-state index >= 15 is 0 Å². The third-order valence-electron chi connectivity index (χ3n) is 2.31. The van der Waals surface area contributed by atoms with Crippen molar-refractivity contribution in [2.45, 2.75) is 19.1 Å². The largest absolute Gasteiger partial charge is 0.384 e. The van der Waals surface area contributed by atoms with E-state index in [1.807, 2.05) is 25.1 Å². The van der Waals surface area contributed by atoms with Gasteiger partial charge in [-0.3, -0.25) is 0 Å². The second-order valence-electron chi connectivity index (χ2n) is 3.63. The molecule has 84 valence electrons. The zero-order chi connectivity index (χ0) is 11.7. The first-order valence-corrected chi connectivity index (χ1v) is 5.67. The minimum Gasteiger partial charge on any atom is -0.384 e. The lowest BCUT2D eigenvalue weighted by molar-refractivity contribution is 0.0623. The summed E-state index contributed by atoms with van der Waals surface area (Å²) < 4.78 is 0.978. The Morgan fingerprint density at radius 2 is 2.19 bits per heavy atom. The van der Waals surface area contributed by atoms with Crippen LogP contribution in [0, 0.1) is 12.3 Å². The molecule has 16 heavy (non-hydrogen) atoms. The van der Waals surface area contributed by atoms with Crippen LogP contribution in [0.25, 0.3) is 10.2 Å². The number of nitrogens with one attached hydrogen (secondary N) is 1. The van der Waals surface area contributed by atoms with Crippen LogP contribution in [0.5, 0.6) is 0 Å². The number of hydrogen-bond donors (Lipinski definition) is 3. The summed E-state index contributed by atoms with van der Waals surface area (Å²) in [6.07, 6.45) is -1.50. The molecule has 0 aliphatic heterocycles. The van der Waals surface area contributed by atoms with Gasteiger partial charge < -0.3 is 15.6 Å². The van der Waals surface area contributed by atoms with Gasteiger partial charge in [-0.15, -0.1) is 11.3 Å². The maximum Gasteiger partial charge on any atom is 0.136 e. The normalized spacial score (nSPS) is 14.9. The van der Waals surface area contributed by atoms with Crippen molar-refractivity contribution >= 4 is 27.8 Å². The fourth-order valence-corrected chi connectivity index (χ4v) is 2.51. The fraction of sp³-hybridized carbons (Fsp3) is 0.273. The number of aliphatic hydroxyl groups excluding tert-OH is 2. The number of benzene rings is 1. The van der Waals surface area contributed by atoms with Gasteiger partial charge in [0.25, 0.3) is 0 Å². The van der Waals surface area contributed by atoms with Crippen molar-refractivity contribution in [3.05, 3.63) is 28.8 Å². The van der Waals surface area contributed by atoms with Gasteiger partial charge in [0.05, 0.1) is 10.2 Å². The Kier molecular flexibility index (Phi) is 3.00. The highest BCUT2D eigenvalue weighted by atomic mass is 32.1. The average Bonchev–Trinajstić information content (AvgIpc) is 2.69. The molecule has 1 heterocycles. The van der Waals surface area contributed by atoms with E-state index < -0.39 is 12.2 Å². The zero-order valence-corrected chi connectivity index (χ0v) is 9.53. The number of aliphatic hydroxyl groups is 2. The molecular weight excluding hydrogens is 224 g/mol. The van der Waals surface area contributed by atoms with E-state index in [1.54, 1.807) is 0 Å². The van der Waals surface area contributed by atoms with Crippen LogP contribution in [-0.2, 0) is 0 Å². The van der Waals surface area contributed by atoms with Crippen LogP contribution in [-0.4, -0.2) is 27.5 Å². The van der Waals surface area contributed by atoms with Gasteiger partial charge in [0, 0.05) is 6.21 Å². The molecule has 2 unspecified atom stereocenters. The summed E-state index contributed by atoms with van der Waals surface area (Å²) in [7, 11) is 0. The second kappa shape index (κ2) is 4.29. The van der Waals surface area contributed by atoms with Gasteiger partial charge in [-0.05, 0) is 24.6 Å². The monoisotopic (exact) mass is 236 g/mol. The van der Waals surface area contributed by atoms with Gasteiger partial charge in [0.1, 0.15) is 17.2 Å². The van der Waals surface area contributed by atoms with E-state index in [4.69, 9.17) is 5.41 Å². The lowest BCUT2D eigenvalue weighted by Gasteiger charge is -2.09. The maximum absolute atomic E-state index is 9.71. The van der Waals surface area contributed by atoms with E-state index in [0.717, 1.165) is 22.0 Å². The Bertz CT molecular complexity index is 524. The van der Waals surface area contributed by atoms with Crippen LogP contribution in [0.1, 0.15) is 16.7 Å². The predicted molar refractivity (Wildman–Crippen MR) is 64.1 cm³/mol. The molecule has 3 N–H and O–H groups in total. The van der Waals surface area contributed by atoms with Crippen LogP contribution < -0.4 is 0 Å². The minimum absolute atomic E-state index is 0.441. The highest BCUT2D eigenvalue weighted by Gasteiger charge is 2.20. The van der Waals surface area contributed by atoms with E-state index in [0.29, 0.717) is 5.01 Å². The number of rotatable bonds is 3. The molecule has 0 radical (unpaired) electrons. The first kappa shape index (κ1) is 11.2. The van der Waals surface area contributed by atoms with Gasteiger partial charge >= 0.3 is 0 Å².